The molecule has 1 heterocycles. The molecule has 20 heavy (non-hydrogen) atoms. The van der Waals surface area contributed by atoms with Crippen LogP contribution >= 0.6 is 0 Å². The van der Waals surface area contributed by atoms with Crippen LogP contribution in [0.1, 0.15) is 38.4 Å². The Bertz CT molecular complexity index is 386. The van der Waals surface area contributed by atoms with E-state index in [-0.39, 0.29) is 11.9 Å². The number of hydrogen-bond acceptors (Lipinski definition) is 4. The molecule has 2 N–H and O–H groups in total. The maximum absolute atomic E-state index is 11.8. The van der Waals surface area contributed by atoms with Crippen molar-refractivity contribution in [2.45, 2.75) is 51.3 Å². The van der Waals surface area contributed by atoms with E-state index >= 15 is 0 Å². The molecule has 1 aromatic heterocycles. The summed E-state index contributed by atoms with van der Waals surface area (Å²) in [5.74, 6) is 0.734. The van der Waals surface area contributed by atoms with Gasteiger partial charge in [0.05, 0.1) is 31.6 Å². The van der Waals surface area contributed by atoms with E-state index in [9.17, 15) is 4.79 Å². The molecule has 0 saturated heterocycles. The van der Waals surface area contributed by atoms with E-state index in [4.69, 9.17) is 9.15 Å². The smallest absolute Gasteiger partial charge is 0.237 e. The second kappa shape index (κ2) is 8.07. The predicted octanol–water partition coefficient (Wildman–Crippen LogP) is 1.83. The molecule has 0 bridgehead atoms. The van der Waals surface area contributed by atoms with Gasteiger partial charge in [-0.05, 0) is 31.9 Å². The van der Waals surface area contributed by atoms with Gasteiger partial charge in [-0.3, -0.25) is 4.79 Å². The average molecular weight is 280 g/mol. The van der Waals surface area contributed by atoms with Gasteiger partial charge in [0, 0.05) is 6.54 Å². The zero-order valence-electron chi connectivity index (χ0n) is 12.1. The molecule has 5 heteroatoms. The summed E-state index contributed by atoms with van der Waals surface area (Å²) in [6.07, 6.45) is 6.95. The molecule has 0 radical (unpaired) electrons. The van der Waals surface area contributed by atoms with Crippen molar-refractivity contribution in [3.05, 3.63) is 24.2 Å². The number of amides is 1. The summed E-state index contributed by atoms with van der Waals surface area (Å²) < 4.78 is 10.9. The quantitative estimate of drug-likeness (QED) is 0.713. The van der Waals surface area contributed by atoms with Gasteiger partial charge in [0.1, 0.15) is 5.76 Å². The van der Waals surface area contributed by atoms with Gasteiger partial charge in [-0.25, -0.2) is 0 Å². The van der Waals surface area contributed by atoms with Gasteiger partial charge < -0.3 is 19.8 Å². The first-order chi connectivity index (χ1) is 9.75. The topological polar surface area (TPSA) is 63.5 Å². The molecule has 112 valence electrons. The van der Waals surface area contributed by atoms with Gasteiger partial charge in [-0.1, -0.05) is 12.8 Å². The van der Waals surface area contributed by atoms with Gasteiger partial charge in [0.2, 0.25) is 5.91 Å². The SMILES string of the molecule is CC(NCCOC1CCCC1)C(=O)NCc1ccco1. The van der Waals surface area contributed by atoms with Crippen molar-refractivity contribution in [3.63, 3.8) is 0 Å². The Morgan fingerprint density at radius 3 is 3.00 bits per heavy atom. The lowest BCUT2D eigenvalue weighted by Gasteiger charge is -2.15. The van der Waals surface area contributed by atoms with E-state index in [2.05, 4.69) is 10.6 Å². The van der Waals surface area contributed by atoms with Gasteiger partial charge in [0.15, 0.2) is 0 Å². The Morgan fingerprint density at radius 2 is 2.30 bits per heavy atom. The fourth-order valence-corrected chi connectivity index (χ4v) is 2.39. The zero-order valence-corrected chi connectivity index (χ0v) is 12.1. The van der Waals surface area contributed by atoms with Crippen molar-refractivity contribution in [1.29, 1.82) is 0 Å². The first-order valence-electron chi connectivity index (χ1n) is 7.41. The Labute approximate surface area is 120 Å². The molecule has 0 aromatic carbocycles. The number of hydrogen-bond donors (Lipinski definition) is 2. The minimum absolute atomic E-state index is 0.0257. The Hall–Kier alpha value is -1.33. The van der Waals surface area contributed by atoms with Crippen LogP contribution in [-0.4, -0.2) is 31.2 Å². The number of rotatable bonds is 8. The van der Waals surface area contributed by atoms with E-state index in [1.54, 1.807) is 6.26 Å². The highest BCUT2D eigenvalue weighted by Crippen LogP contribution is 2.20. The van der Waals surface area contributed by atoms with Crippen LogP contribution in [0.25, 0.3) is 0 Å². The maximum Gasteiger partial charge on any atom is 0.237 e. The van der Waals surface area contributed by atoms with Crippen molar-refractivity contribution < 1.29 is 13.9 Å². The molecule has 1 unspecified atom stereocenters. The largest absolute Gasteiger partial charge is 0.467 e. The number of carbonyl (C=O) groups excluding carboxylic acids is 1. The molecule has 1 aliphatic carbocycles. The van der Waals surface area contributed by atoms with Crippen molar-refractivity contribution >= 4 is 5.91 Å². The van der Waals surface area contributed by atoms with Crippen molar-refractivity contribution in [1.82, 2.24) is 10.6 Å². The van der Waals surface area contributed by atoms with Gasteiger partial charge in [-0.2, -0.15) is 0 Å². The highest BCUT2D eigenvalue weighted by Gasteiger charge is 2.16. The highest BCUT2D eigenvalue weighted by atomic mass is 16.5. The molecule has 1 saturated carbocycles. The molecule has 2 rings (SSSR count). The van der Waals surface area contributed by atoms with E-state index in [1.807, 2.05) is 19.1 Å². The third kappa shape index (κ3) is 4.98. The Morgan fingerprint density at radius 1 is 1.50 bits per heavy atom. The van der Waals surface area contributed by atoms with Crippen LogP contribution in [0.2, 0.25) is 0 Å². The number of ether oxygens (including phenoxy) is 1. The molecule has 1 aliphatic rings. The minimum Gasteiger partial charge on any atom is -0.467 e. The minimum atomic E-state index is -0.225. The molecule has 5 nitrogen and oxygen atoms in total. The standard InChI is InChI=1S/C15H24N2O3/c1-12(15(18)17-11-14-7-4-9-19-14)16-8-10-20-13-5-2-3-6-13/h4,7,9,12-13,16H,2-3,5-6,8,10-11H2,1H3,(H,17,18). The van der Waals surface area contributed by atoms with Crippen LogP contribution in [0.15, 0.2) is 22.8 Å². The summed E-state index contributed by atoms with van der Waals surface area (Å²) in [5, 5.41) is 6.00. The summed E-state index contributed by atoms with van der Waals surface area (Å²) >= 11 is 0. The maximum atomic E-state index is 11.8. The molecule has 1 aromatic rings. The van der Waals surface area contributed by atoms with Crippen LogP contribution in [0, 0.1) is 0 Å². The second-order valence-electron chi connectivity index (χ2n) is 5.25. The van der Waals surface area contributed by atoms with E-state index in [0.717, 1.165) is 5.76 Å². The first kappa shape index (κ1) is 15.1. The summed E-state index contributed by atoms with van der Waals surface area (Å²) in [6, 6.07) is 3.43. The summed E-state index contributed by atoms with van der Waals surface area (Å²) in [6.45, 7) is 3.65. The van der Waals surface area contributed by atoms with Crippen LogP contribution < -0.4 is 10.6 Å². The first-order valence-corrected chi connectivity index (χ1v) is 7.41. The van der Waals surface area contributed by atoms with Crippen molar-refractivity contribution in [3.8, 4) is 0 Å². The lowest BCUT2D eigenvalue weighted by Crippen LogP contribution is -2.43. The summed E-state index contributed by atoms with van der Waals surface area (Å²) in [7, 11) is 0. The number of carbonyl (C=O) groups is 1. The number of nitrogens with one attached hydrogen (secondary N) is 2. The summed E-state index contributed by atoms with van der Waals surface area (Å²) in [4.78, 5) is 11.8. The highest BCUT2D eigenvalue weighted by molar-refractivity contribution is 5.81. The lowest BCUT2D eigenvalue weighted by atomic mass is 10.3. The van der Waals surface area contributed by atoms with Gasteiger partial charge in [0.25, 0.3) is 0 Å². The van der Waals surface area contributed by atoms with Crippen LogP contribution in [-0.2, 0) is 16.1 Å². The molecular weight excluding hydrogens is 256 g/mol. The second-order valence-corrected chi connectivity index (χ2v) is 5.25. The molecule has 1 amide bonds. The normalized spacial score (nSPS) is 17.2. The van der Waals surface area contributed by atoms with Crippen molar-refractivity contribution in [2.75, 3.05) is 13.2 Å². The molecular formula is C15H24N2O3. The Kier molecular flexibility index (Phi) is 6.08. The van der Waals surface area contributed by atoms with Crippen molar-refractivity contribution in [2.24, 2.45) is 0 Å². The fraction of sp³-hybridized carbons (Fsp3) is 0.667. The van der Waals surface area contributed by atoms with Crippen LogP contribution in [0.4, 0.5) is 0 Å². The predicted molar refractivity (Wildman–Crippen MR) is 76.2 cm³/mol. The monoisotopic (exact) mass is 280 g/mol. The number of furan rings is 1. The zero-order chi connectivity index (χ0) is 14.2. The molecule has 1 atom stereocenters. The third-order valence-electron chi connectivity index (χ3n) is 3.62. The van der Waals surface area contributed by atoms with Crippen LogP contribution in [0.3, 0.4) is 0 Å². The van der Waals surface area contributed by atoms with Crippen LogP contribution in [0.5, 0.6) is 0 Å². The van der Waals surface area contributed by atoms with E-state index in [1.165, 1.54) is 25.7 Å². The molecule has 0 aliphatic heterocycles. The van der Waals surface area contributed by atoms with E-state index < -0.39 is 0 Å². The fourth-order valence-electron chi connectivity index (χ4n) is 2.39. The third-order valence-corrected chi connectivity index (χ3v) is 3.62. The summed E-state index contributed by atoms with van der Waals surface area (Å²) in [5.41, 5.74) is 0. The molecule has 0 spiro atoms. The Balaban J connectivity index is 1.54. The lowest BCUT2D eigenvalue weighted by molar-refractivity contribution is -0.123. The van der Waals surface area contributed by atoms with E-state index in [0.29, 0.717) is 25.8 Å². The molecule has 1 fully saturated rings. The van der Waals surface area contributed by atoms with Gasteiger partial charge >= 0.3 is 0 Å². The van der Waals surface area contributed by atoms with Gasteiger partial charge in [-0.15, -0.1) is 0 Å². The average Bonchev–Trinajstić information content (AvgIpc) is 3.13.